The number of nitro groups is 1. The van der Waals surface area contributed by atoms with Crippen LogP contribution in [-0.2, 0) is 9.53 Å². The van der Waals surface area contributed by atoms with Crippen molar-refractivity contribution in [2.24, 2.45) is 0 Å². The molecule has 0 aliphatic rings. The van der Waals surface area contributed by atoms with Crippen molar-refractivity contribution in [3.63, 3.8) is 0 Å². The zero-order chi connectivity index (χ0) is 20.0. The van der Waals surface area contributed by atoms with Crippen molar-refractivity contribution in [3.8, 4) is 5.75 Å². The van der Waals surface area contributed by atoms with E-state index in [4.69, 9.17) is 9.47 Å². The maximum atomic E-state index is 12.2. The van der Waals surface area contributed by atoms with E-state index >= 15 is 0 Å². The number of nitrogens with one attached hydrogen (secondary N) is 1. The van der Waals surface area contributed by atoms with Gasteiger partial charge < -0.3 is 14.8 Å². The van der Waals surface area contributed by atoms with E-state index in [1.54, 1.807) is 19.1 Å². The van der Waals surface area contributed by atoms with Gasteiger partial charge in [-0.1, -0.05) is 17.7 Å². The first kappa shape index (κ1) is 19.9. The minimum Gasteiger partial charge on any atom is -0.487 e. The fourth-order valence-corrected chi connectivity index (χ4v) is 2.23. The quantitative estimate of drug-likeness (QED) is 0.453. The average Bonchev–Trinajstić information content (AvgIpc) is 2.63. The molecule has 0 saturated heterocycles. The predicted octanol–water partition coefficient (Wildman–Crippen LogP) is 3.49. The van der Waals surface area contributed by atoms with Crippen LogP contribution < -0.4 is 10.1 Å². The number of carbonyl (C=O) groups excluding carboxylic acids is 2. The van der Waals surface area contributed by atoms with E-state index in [9.17, 15) is 19.7 Å². The molecule has 2 rings (SSSR count). The van der Waals surface area contributed by atoms with Gasteiger partial charge in [-0.25, -0.2) is 4.79 Å². The highest BCUT2D eigenvalue weighted by atomic mass is 16.6. The molecule has 1 N–H and O–H groups in total. The van der Waals surface area contributed by atoms with Crippen LogP contribution in [-0.4, -0.2) is 29.5 Å². The van der Waals surface area contributed by atoms with Crippen LogP contribution in [0.2, 0.25) is 0 Å². The molecule has 0 aromatic heterocycles. The van der Waals surface area contributed by atoms with Crippen LogP contribution in [0.5, 0.6) is 5.75 Å². The number of ether oxygens (including phenoxy) is 2. The Hall–Kier alpha value is -3.42. The summed E-state index contributed by atoms with van der Waals surface area (Å²) in [5, 5.41) is 13.8. The van der Waals surface area contributed by atoms with Gasteiger partial charge in [-0.05, 0) is 45.0 Å². The fraction of sp³-hybridized carbons (Fsp3) is 0.263. The van der Waals surface area contributed by atoms with Gasteiger partial charge in [0.05, 0.1) is 17.1 Å². The summed E-state index contributed by atoms with van der Waals surface area (Å²) in [4.78, 5) is 34.9. The van der Waals surface area contributed by atoms with E-state index in [0.717, 1.165) is 11.6 Å². The Morgan fingerprint density at radius 2 is 1.85 bits per heavy atom. The van der Waals surface area contributed by atoms with Crippen molar-refractivity contribution in [3.05, 3.63) is 63.7 Å². The molecule has 0 spiro atoms. The van der Waals surface area contributed by atoms with Crippen molar-refractivity contribution in [1.29, 1.82) is 0 Å². The van der Waals surface area contributed by atoms with Gasteiger partial charge in [0.1, 0.15) is 0 Å². The van der Waals surface area contributed by atoms with Crippen LogP contribution >= 0.6 is 0 Å². The summed E-state index contributed by atoms with van der Waals surface area (Å²) in [7, 11) is 0. The molecule has 142 valence electrons. The molecular formula is C19H20N2O6. The highest BCUT2D eigenvalue weighted by Crippen LogP contribution is 2.28. The molecule has 0 radical (unpaired) electrons. The number of nitrogens with zero attached hydrogens (tertiary/aromatic N) is 1. The number of amides is 1. The molecule has 0 heterocycles. The summed E-state index contributed by atoms with van der Waals surface area (Å²) < 4.78 is 10.3. The van der Waals surface area contributed by atoms with Gasteiger partial charge >= 0.3 is 11.7 Å². The Morgan fingerprint density at radius 1 is 1.19 bits per heavy atom. The molecule has 2 aromatic rings. The van der Waals surface area contributed by atoms with Gasteiger partial charge in [-0.2, -0.15) is 0 Å². The van der Waals surface area contributed by atoms with Gasteiger partial charge in [0.25, 0.3) is 5.91 Å². The Balaban J connectivity index is 2.06. The molecular weight excluding hydrogens is 352 g/mol. The van der Waals surface area contributed by atoms with E-state index < -0.39 is 22.9 Å². The van der Waals surface area contributed by atoms with Crippen molar-refractivity contribution in [1.82, 2.24) is 0 Å². The number of esters is 1. The standard InChI is InChI=1S/C19H20N2O6/c1-4-26-17-10-7-14(11-16(17)21(24)25)19(23)27-13(3)18(22)20-15-8-5-12(2)6-9-15/h5-11,13H,4H2,1-3H3,(H,20,22)/t13-/m1/s1. The van der Waals surface area contributed by atoms with Crippen LogP contribution in [0.1, 0.15) is 29.8 Å². The first-order valence-electron chi connectivity index (χ1n) is 8.31. The normalized spacial score (nSPS) is 11.4. The van der Waals surface area contributed by atoms with Crippen LogP contribution in [0.4, 0.5) is 11.4 Å². The maximum absolute atomic E-state index is 12.2. The van der Waals surface area contributed by atoms with Gasteiger partial charge in [0.15, 0.2) is 11.9 Å². The third-order valence-corrected chi connectivity index (χ3v) is 3.66. The lowest BCUT2D eigenvalue weighted by Crippen LogP contribution is -2.30. The lowest BCUT2D eigenvalue weighted by atomic mass is 10.2. The lowest BCUT2D eigenvalue weighted by molar-refractivity contribution is -0.385. The second-order valence-electron chi connectivity index (χ2n) is 5.78. The second kappa shape index (κ2) is 8.79. The minimum absolute atomic E-state index is 0.0415. The highest BCUT2D eigenvalue weighted by Gasteiger charge is 2.23. The number of aryl methyl sites for hydroxylation is 1. The molecule has 0 aliphatic heterocycles. The zero-order valence-corrected chi connectivity index (χ0v) is 15.2. The van der Waals surface area contributed by atoms with Gasteiger partial charge in [-0.3, -0.25) is 14.9 Å². The SMILES string of the molecule is CCOc1ccc(C(=O)O[C@H](C)C(=O)Nc2ccc(C)cc2)cc1[N+](=O)[O-]. The molecule has 8 nitrogen and oxygen atoms in total. The molecule has 1 amide bonds. The van der Waals surface area contributed by atoms with Crippen molar-refractivity contribution in [2.75, 3.05) is 11.9 Å². The molecule has 0 unspecified atom stereocenters. The number of rotatable bonds is 7. The molecule has 2 aromatic carbocycles. The van der Waals surface area contributed by atoms with E-state index in [-0.39, 0.29) is 23.6 Å². The number of carbonyl (C=O) groups is 2. The lowest BCUT2D eigenvalue weighted by Gasteiger charge is -2.14. The first-order chi connectivity index (χ1) is 12.8. The maximum Gasteiger partial charge on any atom is 0.339 e. The number of nitro benzene ring substituents is 1. The Morgan fingerprint density at radius 3 is 2.44 bits per heavy atom. The molecule has 1 atom stereocenters. The molecule has 27 heavy (non-hydrogen) atoms. The van der Waals surface area contributed by atoms with E-state index in [1.165, 1.54) is 19.1 Å². The van der Waals surface area contributed by atoms with E-state index in [1.807, 2.05) is 19.1 Å². The zero-order valence-electron chi connectivity index (χ0n) is 15.2. The minimum atomic E-state index is -1.08. The van der Waals surface area contributed by atoms with Gasteiger partial charge in [-0.15, -0.1) is 0 Å². The van der Waals surface area contributed by atoms with Gasteiger partial charge in [0.2, 0.25) is 0 Å². The summed E-state index contributed by atoms with van der Waals surface area (Å²) in [5.41, 5.74) is 1.23. The number of benzene rings is 2. The Labute approximate surface area is 156 Å². The Bertz CT molecular complexity index is 848. The second-order valence-corrected chi connectivity index (χ2v) is 5.78. The van der Waals surface area contributed by atoms with Crippen LogP contribution in [0.3, 0.4) is 0 Å². The summed E-state index contributed by atoms with van der Waals surface area (Å²) >= 11 is 0. The summed E-state index contributed by atoms with van der Waals surface area (Å²) in [6.07, 6.45) is -1.08. The van der Waals surface area contributed by atoms with E-state index in [0.29, 0.717) is 5.69 Å². The highest BCUT2D eigenvalue weighted by molar-refractivity contribution is 5.97. The van der Waals surface area contributed by atoms with Crippen LogP contribution in [0, 0.1) is 17.0 Å². The molecule has 0 bridgehead atoms. The average molecular weight is 372 g/mol. The third kappa shape index (κ3) is 5.27. The third-order valence-electron chi connectivity index (χ3n) is 3.66. The van der Waals surface area contributed by atoms with Crippen molar-refractivity contribution in [2.45, 2.75) is 26.9 Å². The first-order valence-corrected chi connectivity index (χ1v) is 8.31. The summed E-state index contributed by atoms with van der Waals surface area (Å²) in [6.45, 7) is 5.29. The topological polar surface area (TPSA) is 108 Å². The van der Waals surface area contributed by atoms with E-state index in [2.05, 4.69) is 5.32 Å². The number of hydrogen-bond acceptors (Lipinski definition) is 6. The molecule has 8 heteroatoms. The Kier molecular flexibility index (Phi) is 6.48. The smallest absolute Gasteiger partial charge is 0.339 e. The van der Waals surface area contributed by atoms with Crippen molar-refractivity contribution >= 4 is 23.3 Å². The number of hydrogen-bond donors (Lipinski definition) is 1. The number of anilines is 1. The van der Waals surface area contributed by atoms with Gasteiger partial charge in [0, 0.05) is 11.8 Å². The summed E-state index contributed by atoms with van der Waals surface area (Å²) in [6, 6.07) is 10.9. The monoisotopic (exact) mass is 372 g/mol. The van der Waals surface area contributed by atoms with Crippen LogP contribution in [0.15, 0.2) is 42.5 Å². The predicted molar refractivity (Wildman–Crippen MR) is 99.0 cm³/mol. The molecule has 0 saturated carbocycles. The fourth-order valence-electron chi connectivity index (χ4n) is 2.23. The van der Waals surface area contributed by atoms with Crippen LogP contribution in [0.25, 0.3) is 0 Å². The summed E-state index contributed by atoms with van der Waals surface area (Å²) in [5.74, 6) is -1.29. The van der Waals surface area contributed by atoms with Crippen molar-refractivity contribution < 1.29 is 24.0 Å². The largest absolute Gasteiger partial charge is 0.487 e. The molecule has 0 fully saturated rings. The molecule has 0 aliphatic carbocycles.